The summed E-state index contributed by atoms with van der Waals surface area (Å²) in [6.07, 6.45) is 4.82. The molecule has 1 aromatic heterocycles. The Morgan fingerprint density at radius 2 is 2.54 bits per heavy atom. The number of aryl methyl sites for hydroxylation is 1. The predicted molar refractivity (Wildman–Crippen MR) is 49.1 cm³/mol. The van der Waals surface area contributed by atoms with Crippen LogP contribution in [0.15, 0.2) is 23.4 Å². The van der Waals surface area contributed by atoms with E-state index < -0.39 is 0 Å². The zero-order valence-electron chi connectivity index (χ0n) is 7.22. The van der Waals surface area contributed by atoms with Gasteiger partial charge in [-0.15, -0.1) is 0 Å². The Morgan fingerprint density at radius 3 is 3.38 bits per heavy atom. The molecular formula is C9H10N4. The smallest absolute Gasteiger partial charge is 0.0800 e. The van der Waals surface area contributed by atoms with Gasteiger partial charge < -0.3 is 0 Å². The quantitative estimate of drug-likeness (QED) is 0.367. The molecule has 0 aromatic carbocycles. The summed E-state index contributed by atoms with van der Waals surface area (Å²) in [6.45, 7) is 0. The van der Waals surface area contributed by atoms with Crippen molar-refractivity contribution in [2.75, 3.05) is 0 Å². The van der Waals surface area contributed by atoms with E-state index in [9.17, 15) is 0 Å². The molecule has 0 aliphatic heterocycles. The molecule has 1 aliphatic rings. The van der Waals surface area contributed by atoms with Gasteiger partial charge in [0, 0.05) is 11.1 Å². The van der Waals surface area contributed by atoms with Gasteiger partial charge in [0.05, 0.1) is 11.7 Å². The third-order valence-corrected chi connectivity index (χ3v) is 2.36. The molecule has 0 N–H and O–H groups in total. The average molecular weight is 174 g/mol. The molecule has 0 radical (unpaired) electrons. The van der Waals surface area contributed by atoms with Crippen molar-refractivity contribution in [3.63, 3.8) is 0 Å². The van der Waals surface area contributed by atoms with Crippen molar-refractivity contribution in [1.82, 2.24) is 4.98 Å². The molecule has 0 saturated carbocycles. The third-order valence-electron chi connectivity index (χ3n) is 2.36. The van der Waals surface area contributed by atoms with Crippen molar-refractivity contribution < 1.29 is 0 Å². The Bertz CT molecular complexity index is 354. The van der Waals surface area contributed by atoms with Crippen LogP contribution in [0.1, 0.15) is 30.1 Å². The third kappa shape index (κ3) is 1.48. The Morgan fingerprint density at radius 1 is 1.62 bits per heavy atom. The number of nitrogens with zero attached hydrogens (tertiary/aromatic N) is 4. The fraction of sp³-hybridized carbons (Fsp3) is 0.444. The summed E-state index contributed by atoms with van der Waals surface area (Å²) in [4.78, 5) is 7.10. The largest absolute Gasteiger partial charge is 0.261 e. The first-order chi connectivity index (χ1) is 6.42. The van der Waals surface area contributed by atoms with E-state index in [0.29, 0.717) is 0 Å². The number of hydrogen-bond donors (Lipinski definition) is 0. The van der Waals surface area contributed by atoms with Crippen LogP contribution in [0.4, 0.5) is 0 Å². The first-order valence-electron chi connectivity index (χ1n) is 4.40. The summed E-state index contributed by atoms with van der Waals surface area (Å²) in [5, 5.41) is 3.74. The summed E-state index contributed by atoms with van der Waals surface area (Å²) in [6, 6.07) is 3.94. The van der Waals surface area contributed by atoms with E-state index in [0.717, 1.165) is 25.0 Å². The van der Waals surface area contributed by atoms with Gasteiger partial charge in [-0.3, -0.25) is 4.98 Å². The van der Waals surface area contributed by atoms with Gasteiger partial charge in [-0.2, -0.15) is 0 Å². The SMILES string of the molecule is [N-]=[N+]=N[C@@H]1CCCc2cccnc21. The highest BCUT2D eigenvalue weighted by molar-refractivity contribution is 5.25. The van der Waals surface area contributed by atoms with Crippen LogP contribution in [0, 0.1) is 0 Å². The first-order valence-corrected chi connectivity index (χ1v) is 4.40. The van der Waals surface area contributed by atoms with E-state index in [1.807, 2.05) is 6.07 Å². The number of fused-ring (bicyclic) bond motifs is 1. The van der Waals surface area contributed by atoms with Crippen LogP contribution >= 0.6 is 0 Å². The summed E-state index contributed by atoms with van der Waals surface area (Å²) in [7, 11) is 0. The number of azide groups is 1. The molecule has 66 valence electrons. The van der Waals surface area contributed by atoms with Gasteiger partial charge in [-0.1, -0.05) is 11.2 Å². The maximum atomic E-state index is 8.37. The predicted octanol–water partition coefficient (Wildman–Crippen LogP) is 2.77. The summed E-state index contributed by atoms with van der Waals surface area (Å²) in [5.41, 5.74) is 10.6. The normalized spacial score (nSPS) is 20.2. The van der Waals surface area contributed by atoms with Crippen molar-refractivity contribution in [3.8, 4) is 0 Å². The summed E-state index contributed by atoms with van der Waals surface area (Å²) in [5.74, 6) is 0. The van der Waals surface area contributed by atoms with E-state index >= 15 is 0 Å². The molecular weight excluding hydrogens is 164 g/mol. The monoisotopic (exact) mass is 174 g/mol. The first kappa shape index (κ1) is 8.08. The van der Waals surface area contributed by atoms with Gasteiger partial charge in [-0.25, -0.2) is 0 Å². The molecule has 1 atom stereocenters. The van der Waals surface area contributed by atoms with Crippen molar-refractivity contribution in [2.24, 2.45) is 5.11 Å². The standard InChI is InChI=1S/C9H10N4/c10-13-12-8-5-1-3-7-4-2-6-11-9(7)8/h2,4,6,8H,1,3,5H2/t8-/m1/s1. The molecule has 1 aliphatic carbocycles. The maximum absolute atomic E-state index is 8.37. The molecule has 1 heterocycles. The van der Waals surface area contributed by atoms with Crippen LogP contribution < -0.4 is 0 Å². The van der Waals surface area contributed by atoms with Gasteiger partial charge >= 0.3 is 0 Å². The lowest BCUT2D eigenvalue weighted by Gasteiger charge is -2.19. The molecule has 0 spiro atoms. The van der Waals surface area contributed by atoms with Crippen molar-refractivity contribution in [2.45, 2.75) is 25.3 Å². The summed E-state index contributed by atoms with van der Waals surface area (Å²) < 4.78 is 0. The second-order valence-corrected chi connectivity index (χ2v) is 3.16. The molecule has 4 nitrogen and oxygen atoms in total. The molecule has 1 aromatic rings. The molecule has 0 saturated heterocycles. The van der Waals surface area contributed by atoms with E-state index in [1.54, 1.807) is 6.20 Å². The van der Waals surface area contributed by atoms with Gasteiger partial charge in [-0.05, 0) is 36.4 Å². The zero-order chi connectivity index (χ0) is 9.10. The minimum Gasteiger partial charge on any atom is -0.261 e. The summed E-state index contributed by atoms with van der Waals surface area (Å²) >= 11 is 0. The van der Waals surface area contributed by atoms with Crippen molar-refractivity contribution in [3.05, 3.63) is 40.0 Å². The molecule has 0 amide bonds. The van der Waals surface area contributed by atoms with Crippen LogP contribution in [0.5, 0.6) is 0 Å². The lowest BCUT2D eigenvalue weighted by molar-refractivity contribution is 0.552. The molecule has 0 unspecified atom stereocenters. The Balaban J connectivity index is 2.42. The van der Waals surface area contributed by atoms with E-state index in [-0.39, 0.29) is 6.04 Å². The van der Waals surface area contributed by atoms with Crippen molar-refractivity contribution >= 4 is 0 Å². The Hall–Kier alpha value is -1.54. The van der Waals surface area contributed by atoms with Crippen LogP contribution in [0.2, 0.25) is 0 Å². The van der Waals surface area contributed by atoms with Crippen LogP contribution in [0.25, 0.3) is 10.4 Å². The topological polar surface area (TPSA) is 61.7 Å². The second kappa shape index (κ2) is 3.46. The van der Waals surface area contributed by atoms with E-state index in [4.69, 9.17) is 5.53 Å². The van der Waals surface area contributed by atoms with Crippen molar-refractivity contribution in [1.29, 1.82) is 0 Å². The minimum atomic E-state index is -0.0463. The van der Waals surface area contributed by atoms with Gasteiger partial charge in [0.2, 0.25) is 0 Å². The lowest BCUT2D eigenvalue weighted by atomic mass is 9.92. The maximum Gasteiger partial charge on any atom is 0.0800 e. The van der Waals surface area contributed by atoms with Crippen LogP contribution in [-0.4, -0.2) is 4.98 Å². The highest BCUT2D eigenvalue weighted by Crippen LogP contribution is 2.30. The molecule has 2 rings (SSSR count). The molecule has 0 bridgehead atoms. The number of rotatable bonds is 1. The van der Waals surface area contributed by atoms with E-state index in [2.05, 4.69) is 21.1 Å². The zero-order valence-corrected chi connectivity index (χ0v) is 7.22. The Kier molecular flexibility index (Phi) is 2.15. The van der Waals surface area contributed by atoms with Crippen LogP contribution in [0.3, 0.4) is 0 Å². The number of aromatic nitrogens is 1. The van der Waals surface area contributed by atoms with Gasteiger partial charge in [0.15, 0.2) is 0 Å². The fourth-order valence-electron chi connectivity index (χ4n) is 1.76. The second-order valence-electron chi connectivity index (χ2n) is 3.16. The minimum absolute atomic E-state index is 0.0463. The molecule has 4 heteroatoms. The van der Waals surface area contributed by atoms with Crippen LogP contribution in [-0.2, 0) is 6.42 Å². The van der Waals surface area contributed by atoms with Gasteiger partial charge in [0.25, 0.3) is 0 Å². The fourth-order valence-corrected chi connectivity index (χ4v) is 1.76. The molecule has 13 heavy (non-hydrogen) atoms. The lowest BCUT2D eigenvalue weighted by Crippen LogP contribution is -2.09. The van der Waals surface area contributed by atoms with E-state index in [1.165, 1.54) is 5.56 Å². The highest BCUT2D eigenvalue weighted by Gasteiger charge is 2.19. The highest BCUT2D eigenvalue weighted by atomic mass is 15.2. The average Bonchev–Trinajstić information content (AvgIpc) is 2.19. The number of pyridine rings is 1. The van der Waals surface area contributed by atoms with Gasteiger partial charge in [0.1, 0.15) is 0 Å². The Labute approximate surface area is 76.2 Å². The molecule has 0 fully saturated rings. The number of hydrogen-bond acceptors (Lipinski definition) is 2.